The Kier molecular flexibility index (Phi) is 6.57. The van der Waals surface area contributed by atoms with Crippen LogP contribution in [-0.2, 0) is 11.2 Å². The van der Waals surface area contributed by atoms with E-state index in [1.165, 1.54) is 12.1 Å². The Morgan fingerprint density at radius 1 is 0.914 bits per heavy atom. The number of aromatic nitrogens is 2. The number of likely N-dealkylation sites (tertiary alicyclic amines) is 1. The highest BCUT2D eigenvalue weighted by Crippen LogP contribution is 2.22. The third-order valence-electron chi connectivity index (χ3n) is 6.47. The van der Waals surface area contributed by atoms with Gasteiger partial charge >= 0.3 is 0 Å². The number of piperidine rings is 1. The number of aryl methyl sites for hydroxylation is 1. The second-order valence-corrected chi connectivity index (χ2v) is 8.80. The van der Waals surface area contributed by atoms with Crippen molar-refractivity contribution in [3.63, 3.8) is 0 Å². The van der Waals surface area contributed by atoms with Gasteiger partial charge in [0.15, 0.2) is 0 Å². The van der Waals surface area contributed by atoms with Gasteiger partial charge in [0.1, 0.15) is 11.6 Å². The van der Waals surface area contributed by atoms with Crippen LogP contribution in [0, 0.1) is 5.82 Å². The fourth-order valence-corrected chi connectivity index (χ4v) is 4.67. The minimum absolute atomic E-state index is 0.000103. The van der Waals surface area contributed by atoms with Gasteiger partial charge in [-0.05, 0) is 49.2 Å². The fraction of sp³-hybridized carbons (Fsp3) is 0.250. The summed E-state index contributed by atoms with van der Waals surface area (Å²) < 4.78 is 16.1. The number of fused-ring (bicyclic) bond motifs is 1. The second kappa shape index (κ2) is 10.1. The Bertz CT molecular complexity index is 1340. The third-order valence-corrected chi connectivity index (χ3v) is 6.47. The molecular formula is C28H27FN4O2. The maximum absolute atomic E-state index is 14.0. The van der Waals surface area contributed by atoms with Gasteiger partial charge in [-0.2, -0.15) is 0 Å². The fourth-order valence-electron chi connectivity index (χ4n) is 4.67. The average molecular weight is 471 g/mol. The van der Waals surface area contributed by atoms with Crippen molar-refractivity contribution in [1.29, 1.82) is 0 Å². The molecule has 1 aliphatic rings. The van der Waals surface area contributed by atoms with E-state index in [9.17, 15) is 14.0 Å². The van der Waals surface area contributed by atoms with Crippen LogP contribution in [0.25, 0.3) is 16.7 Å². The Labute approximate surface area is 203 Å². The summed E-state index contributed by atoms with van der Waals surface area (Å²) in [6.07, 6.45) is 2.13. The van der Waals surface area contributed by atoms with Gasteiger partial charge in [-0.15, -0.1) is 0 Å². The van der Waals surface area contributed by atoms with Crippen molar-refractivity contribution in [2.75, 3.05) is 13.1 Å². The van der Waals surface area contributed by atoms with E-state index >= 15 is 0 Å². The molecule has 4 aromatic rings. The maximum atomic E-state index is 14.0. The molecule has 1 aromatic heterocycles. The molecule has 3 aromatic carbocycles. The van der Waals surface area contributed by atoms with E-state index in [-0.39, 0.29) is 23.4 Å². The van der Waals surface area contributed by atoms with E-state index in [0.717, 1.165) is 22.5 Å². The van der Waals surface area contributed by atoms with Crippen molar-refractivity contribution in [2.45, 2.75) is 31.7 Å². The van der Waals surface area contributed by atoms with Crippen LogP contribution in [0.2, 0.25) is 0 Å². The summed E-state index contributed by atoms with van der Waals surface area (Å²) in [4.78, 5) is 31.8. The Hall–Kier alpha value is -4.00. The van der Waals surface area contributed by atoms with Gasteiger partial charge in [-0.3, -0.25) is 14.2 Å². The van der Waals surface area contributed by atoms with Crippen LogP contribution in [0.1, 0.15) is 35.4 Å². The molecule has 0 unspecified atom stereocenters. The second-order valence-electron chi connectivity index (χ2n) is 8.80. The number of carbonyl (C=O) groups excluding carboxylic acids is 2. The van der Waals surface area contributed by atoms with Crippen molar-refractivity contribution in [3.05, 3.63) is 96.1 Å². The van der Waals surface area contributed by atoms with Crippen molar-refractivity contribution in [2.24, 2.45) is 0 Å². The molecule has 0 saturated carbocycles. The Morgan fingerprint density at radius 2 is 1.60 bits per heavy atom. The molecule has 7 heteroatoms. The molecule has 35 heavy (non-hydrogen) atoms. The van der Waals surface area contributed by atoms with Gasteiger partial charge in [0.2, 0.25) is 5.91 Å². The first-order chi connectivity index (χ1) is 17.1. The minimum Gasteiger partial charge on any atom is -0.353 e. The summed E-state index contributed by atoms with van der Waals surface area (Å²) in [6.45, 7) is 0.976. The molecule has 1 N–H and O–H groups in total. The van der Waals surface area contributed by atoms with E-state index in [4.69, 9.17) is 4.98 Å². The quantitative estimate of drug-likeness (QED) is 0.451. The van der Waals surface area contributed by atoms with Gasteiger partial charge in [0.05, 0.1) is 16.6 Å². The van der Waals surface area contributed by atoms with E-state index in [1.807, 2.05) is 54.6 Å². The predicted octanol–water partition coefficient (Wildman–Crippen LogP) is 4.52. The topological polar surface area (TPSA) is 67.2 Å². The van der Waals surface area contributed by atoms with Gasteiger partial charge in [0.25, 0.3) is 5.91 Å². The first-order valence-corrected chi connectivity index (χ1v) is 11.9. The van der Waals surface area contributed by atoms with Crippen LogP contribution >= 0.6 is 0 Å². The summed E-state index contributed by atoms with van der Waals surface area (Å²) in [5.41, 5.74) is 3.03. The molecule has 0 aliphatic carbocycles. The summed E-state index contributed by atoms with van der Waals surface area (Å²) in [5, 5.41) is 3.10. The molecule has 2 amide bonds. The van der Waals surface area contributed by atoms with Crippen molar-refractivity contribution in [3.8, 4) is 5.69 Å². The monoisotopic (exact) mass is 470 g/mol. The zero-order valence-electron chi connectivity index (χ0n) is 19.4. The van der Waals surface area contributed by atoms with E-state index < -0.39 is 5.82 Å². The standard InChI is InChI=1S/C28H27FN4O2/c29-23-11-5-4-10-22(23)28(35)32-18-16-20(17-19-32)30-27(34)15-14-26-31-24-12-6-7-13-25(24)33(26)21-8-2-1-3-9-21/h1-13,20H,14-19H2,(H,30,34). The van der Waals surface area contributed by atoms with Gasteiger partial charge in [-0.25, -0.2) is 9.37 Å². The molecule has 2 heterocycles. The first-order valence-electron chi connectivity index (χ1n) is 11.9. The molecule has 0 atom stereocenters. The van der Waals surface area contributed by atoms with Crippen LogP contribution in [-0.4, -0.2) is 45.4 Å². The molecule has 178 valence electrons. The molecule has 0 spiro atoms. The predicted molar refractivity (Wildman–Crippen MR) is 133 cm³/mol. The van der Waals surface area contributed by atoms with Crippen LogP contribution in [0.5, 0.6) is 0 Å². The van der Waals surface area contributed by atoms with Crippen LogP contribution < -0.4 is 5.32 Å². The Morgan fingerprint density at radius 3 is 2.37 bits per heavy atom. The number of hydrogen-bond donors (Lipinski definition) is 1. The summed E-state index contributed by atoms with van der Waals surface area (Å²) in [7, 11) is 0. The summed E-state index contributed by atoms with van der Waals surface area (Å²) >= 11 is 0. The first kappa shape index (κ1) is 22.8. The average Bonchev–Trinajstić information content (AvgIpc) is 3.27. The lowest BCUT2D eigenvalue weighted by Crippen LogP contribution is -2.46. The highest BCUT2D eigenvalue weighted by atomic mass is 19.1. The number of benzene rings is 3. The Balaban J connectivity index is 1.19. The van der Waals surface area contributed by atoms with Crippen molar-refractivity contribution < 1.29 is 14.0 Å². The highest BCUT2D eigenvalue weighted by molar-refractivity contribution is 5.94. The number of carbonyl (C=O) groups is 2. The molecule has 5 rings (SSSR count). The zero-order valence-corrected chi connectivity index (χ0v) is 19.4. The zero-order chi connectivity index (χ0) is 24.2. The van der Waals surface area contributed by atoms with E-state index in [2.05, 4.69) is 9.88 Å². The van der Waals surface area contributed by atoms with Crippen LogP contribution in [0.15, 0.2) is 78.9 Å². The molecule has 1 saturated heterocycles. The number of hydrogen-bond acceptors (Lipinski definition) is 3. The number of nitrogens with one attached hydrogen (secondary N) is 1. The van der Waals surface area contributed by atoms with Gasteiger partial charge in [0, 0.05) is 37.7 Å². The lowest BCUT2D eigenvalue weighted by molar-refractivity contribution is -0.122. The normalized spacial score (nSPS) is 14.3. The number of halogens is 1. The van der Waals surface area contributed by atoms with Crippen molar-refractivity contribution >= 4 is 22.8 Å². The van der Waals surface area contributed by atoms with Crippen LogP contribution in [0.4, 0.5) is 4.39 Å². The van der Waals surface area contributed by atoms with E-state index in [0.29, 0.717) is 38.8 Å². The smallest absolute Gasteiger partial charge is 0.256 e. The number of rotatable bonds is 6. The lowest BCUT2D eigenvalue weighted by atomic mass is 10.0. The minimum atomic E-state index is -0.505. The molecule has 1 fully saturated rings. The number of imidazole rings is 1. The number of nitrogens with zero attached hydrogens (tertiary/aromatic N) is 3. The summed E-state index contributed by atoms with van der Waals surface area (Å²) in [5.74, 6) is 0.00976. The third kappa shape index (κ3) is 4.94. The molecular weight excluding hydrogens is 443 g/mol. The molecule has 0 radical (unpaired) electrons. The molecule has 0 bridgehead atoms. The highest BCUT2D eigenvalue weighted by Gasteiger charge is 2.26. The maximum Gasteiger partial charge on any atom is 0.256 e. The SMILES string of the molecule is O=C(CCc1nc2ccccc2n1-c1ccccc1)NC1CCN(C(=O)c2ccccc2F)CC1. The van der Waals surface area contributed by atoms with Crippen LogP contribution in [0.3, 0.4) is 0 Å². The molecule has 6 nitrogen and oxygen atoms in total. The molecule has 1 aliphatic heterocycles. The number of amides is 2. The van der Waals surface area contributed by atoms with Gasteiger partial charge in [-0.1, -0.05) is 42.5 Å². The summed E-state index contributed by atoms with van der Waals surface area (Å²) in [6, 6.07) is 24.0. The van der Waals surface area contributed by atoms with E-state index in [1.54, 1.807) is 17.0 Å². The lowest BCUT2D eigenvalue weighted by Gasteiger charge is -2.32. The largest absolute Gasteiger partial charge is 0.353 e. The number of para-hydroxylation sites is 3. The van der Waals surface area contributed by atoms with Gasteiger partial charge < -0.3 is 10.2 Å². The van der Waals surface area contributed by atoms with Crippen molar-refractivity contribution in [1.82, 2.24) is 19.8 Å².